The molecule has 0 N–H and O–H groups in total. The third-order valence-corrected chi connectivity index (χ3v) is 5.60. The van der Waals surface area contributed by atoms with Crippen molar-refractivity contribution in [3.05, 3.63) is 70.8 Å². The molecule has 0 atom stereocenters. The van der Waals surface area contributed by atoms with Crippen molar-refractivity contribution in [1.29, 1.82) is 0 Å². The average Bonchev–Trinajstić information content (AvgIpc) is 3.22. The molecule has 142 valence electrons. The average molecular weight is 412 g/mol. The predicted octanol–water partition coefficient (Wildman–Crippen LogP) is 4.39. The zero-order chi connectivity index (χ0) is 19.7. The van der Waals surface area contributed by atoms with Gasteiger partial charge in [-0.25, -0.2) is 4.98 Å². The van der Waals surface area contributed by atoms with Crippen LogP contribution in [0.5, 0.6) is 0 Å². The smallest absolute Gasteiger partial charge is 0.250 e. The van der Waals surface area contributed by atoms with Crippen molar-refractivity contribution in [2.75, 3.05) is 4.90 Å². The van der Waals surface area contributed by atoms with E-state index in [9.17, 15) is 4.79 Å². The fourth-order valence-corrected chi connectivity index (χ4v) is 4.25. The molecule has 1 amide bonds. The number of hydrogen-bond acceptors (Lipinski definition) is 5. The molecule has 3 aromatic heterocycles. The van der Waals surface area contributed by atoms with E-state index < -0.39 is 0 Å². The van der Waals surface area contributed by atoms with Gasteiger partial charge in [0.05, 0.1) is 22.5 Å². The molecule has 0 radical (unpaired) electrons. The van der Waals surface area contributed by atoms with Gasteiger partial charge in [-0.05, 0) is 49.7 Å². The molecule has 0 unspecified atom stereocenters. The molecule has 4 rings (SSSR count). The predicted molar refractivity (Wildman–Crippen MR) is 112 cm³/mol. The standard InChI is InChI=1S/C20H18ClN5OS/c1-13-8-14(2)26(24-13)12-19(27)25(11-15-4-3-7-22-10-15)20-23-17-6-5-16(21)9-18(17)28-20/h3-10H,11-12H2,1-2H3. The highest BCUT2D eigenvalue weighted by atomic mass is 35.5. The van der Waals surface area contributed by atoms with E-state index in [2.05, 4.69) is 15.1 Å². The van der Waals surface area contributed by atoms with Gasteiger partial charge in [-0.1, -0.05) is 29.0 Å². The van der Waals surface area contributed by atoms with E-state index in [-0.39, 0.29) is 12.5 Å². The minimum atomic E-state index is -0.0831. The van der Waals surface area contributed by atoms with Gasteiger partial charge in [-0.3, -0.25) is 19.4 Å². The number of benzene rings is 1. The number of fused-ring (bicyclic) bond motifs is 1. The van der Waals surface area contributed by atoms with Crippen molar-refractivity contribution in [2.45, 2.75) is 26.9 Å². The summed E-state index contributed by atoms with van der Waals surface area (Å²) in [6.45, 7) is 4.40. The number of nitrogens with zero attached hydrogens (tertiary/aromatic N) is 5. The second-order valence-corrected chi connectivity index (χ2v) is 7.98. The molecule has 6 nitrogen and oxygen atoms in total. The van der Waals surface area contributed by atoms with Crippen molar-refractivity contribution >= 4 is 44.2 Å². The Morgan fingerprint density at radius 3 is 2.82 bits per heavy atom. The molecule has 8 heteroatoms. The number of aromatic nitrogens is 4. The van der Waals surface area contributed by atoms with E-state index in [1.54, 1.807) is 28.0 Å². The molecule has 0 spiro atoms. The van der Waals surface area contributed by atoms with Gasteiger partial charge in [0.1, 0.15) is 6.54 Å². The van der Waals surface area contributed by atoms with Crippen LogP contribution in [0.3, 0.4) is 0 Å². The van der Waals surface area contributed by atoms with Gasteiger partial charge >= 0.3 is 0 Å². The fourth-order valence-electron chi connectivity index (χ4n) is 2.99. The Morgan fingerprint density at radius 1 is 1.25 bits per heavy atom. The number of aryl methyl sites for hydroxylation is 2. The van der Waals surface area contributed by atoms with Gasteiger partial charge < -0.3 is 0 Å². The highest BCUT2D eigenvalue weighted by Gasteiger charge is 2.21. The van der Waals surface area contributed by atoms with Crippen LogP contribution in [0.2, 0.25) is 5.02 Å². The molecule has 0 fully saturated rings. The number of thiazole rings is 1. The third kappa shape index (κ3) is 3.90. The Hall–Kier alpha value is -2.77. The van der Waals surface area contributed by atoms with Crippen LogP contribution in [-0.4, -0.2) is 25.7 Å². The van der Waals surface area contributed by atoms with Gasteiger partial charge in [-0.2, -0.15) is 5.10 Å². The first-order valence-electron chi connectivity index (χ1n) is 8.76. The first kappa shape index (κ1) is 18.6. The molecule has 4 aromatic rings. The van der Waals surface area contributed by atoms with Gasteiger partial charge in [0.15, 0.2) is 5.13 Å². The molecule has 0 bridgehead atoms. The zero-order valence-corrected chi connectivity index (χ0v) is 17.0. The fraction of sp³-hybridized carbons (Fsp3) is 0.200. The van der Waals surface area contributed by atoms with Gasteiger partial charge in [0, 0.05) is 23.1 Å². The molecular weight excluding hydrogens is 394 g/mol. The highest BCUT2D eigenvalue weighted by molar-refractivity contribution is 7.22. The lowest BCUT2D eigenvalue weighted by Gasteiger charge is -2.20. The van der Waals surface area contributed by atoms with E-state index in [4.69, 9.17) is 11.6 Å². The number of halogens is 1. The van der Waals surface area contributed by atoms with Gasteiger partial charge in [0.25, 0.3) is 5.91 Å². The normalized spacial score (nSPS) is 11.1. The van der Waals surface area contributed by atoms with Crippen LogP contribution in [0.4, 0.5) is 5.13 Å². The Kier molecular flexibility index (Phi) is 5.11. The Balaban J connectivity index is 1.69. The summed E-state index contributed by atoms with van der Waals surface area (Å²) >= 11 is 7.55. The lowest BCUT2D eigenvalue weighted by molar-refractivity contribution is -0.119. The number of pyridine rings is 1. The summed E-state index contributed by atoms with van der Waals surface area (Å²) in [5, 5.41) is 5.69. The van der Waals surface area contributed by atoms with E-state index in [0.717, 1.165) is 27.2 Å². The molecule has 0 saturated carbocycles. The summed E-state index contributed by atoms with van der Waals surface area (Å²) in [6, 6.07) is 11.3. The summed E-state index contributed by atoms with van der Waals surface area (Å²) in [5.41, 5.74) is 3.59. The maximum atomic E-state index is 13.2. The van der Waals surface area contributed by atoms with Crippen molar-refractivity contribution in [2.24, 2.45) is 0 Å². The molecule has 28 heavy (non-hydrogen) atoms. The summed E-state index contributed by atoms with van der Waals surface area (Å²) in [4.78, 5) is 23.7. The Labute approximate surface area is 171 Å². The molecule has 0 aliphatic carbocycles. The van der Waals surface area contributed by atoms with E-state index >= 15 is 0 Å². The topological polar surface area (TPSA) is 63.9 Å². The third-order valence-electron chi connectivity index (χ3n) is 4.32. The molecule has 0 saturated heterocycles. The Morgan fingerprint density at radius 2 is 2.11 bits per heavy atom. The van der Waals surface area contributed by atoms with Crippen molar-refractivity contribution in [3.63, 3.8) is 0 Å². The first-order chi connectivity index (χ1) is 13.5. The molecule has 0 aliphatic rings. The van der Waals surface area contributed by atoms with Crippen LogP contribution in [0.25, 0.3) is 10.2 Å². The van der Waals surface area contributed by atoms with Crippen LogP contribution < -0.4 is 4.90 Å². The number of amides is 1. The maximum Gasteiger partial charge on any atom is 0.250 e. The Bertz CT molecular complexity index is 1140. The van der Waals surface area contributed by atoms with E-state index in [0.29, 0.717) is 16.7 Å². The number of rotatable bonds is 5. The van der Waals surface area contributed by atoms with Crippen LogP contribution in [0.15, 0.2) is 48.8 Å². The van der Waals surface area contributed by atoms with E-state index in [1.807, 2.05) is 44.2 Å². The minimum absolute atomic E-state index is 0.0831. The van der Waals surface area contributed by atoms with Crippen LogP contribution in [0.1, 0.15) is 17.0 Å². The number of hydrogen-bond donors (Lipinski definition) is 0. The molecule has 1 aromatic carbocycles. The maximum absolute atomic E-state index is 13.2. The van der Waals surface area contributed by atoms with Crippen LogP contribution >= 0.6 is 22.9 Å². The quantitative estimate of drug-likeness (QED) is 0.488. The second-order valence-electron chi connectivity index (χ2n) is 6.53. The number of anilines is 1. The lowest BCUT2D eigenvalue weighted by Crippen LogP contribution is -2.34. The SMILES string of the molecule is Cc1cc(C)n(CC(=O)N(Cc2cccnc2)c2nc3ccc(Cl)cc3s2)n1. The zero-order valence-electron chi connectivity index (χ0n) is 15.5. The molecule has 3 heterocycles. The molecule has 0 aliphatic heterocycles. The molecular formula is C20H18ClN5OS. The first-order valence-corrected chi connectivity index (χ1v) is 9.95. The van der Waals surface area contributed by atoms with Crippen LogP contribution in [-0.2, 0) is 17.9 Å². The summed E-state index contributed by atoms with van der Waals surface area (Å²) in [6.07, 6.45) is 3.47. The summed E-state index contributed by atoms with van der Waals surface area (Å²) in [7, 11) is 0. The number of carbonyl (C=O) groups excluding carboxylic acids is 1. The lowest BCUT2D eigenvalue weighted by atomic mass is 10.2. The monoisotopic (exact) mass is 411 g/mol. The summed E-state index contributed by atoms with van der Waals surface area (Å²) < 4.78 is 2.66. The second kappa shape index (κ2) is 7.69. The van der Waals surface area contributed by atoms with Crippen LogP contribution in [0, 0.1) is 13.8 Å². The van der Waals surface area contributed by atoms with Crippen molar-refractivity contribution < 1.29 is 4.79 Å². The van der Waals surface area contributed by atoms with Gasteiger partial charge in [0.2, 0.25) is 0 Å². The van der Waals surface area contributed by atoms with E-state index in [1.165, 1.54) is 11.3 Å². The summed E-state index contributed by atoms with van der Waals surface area (Å²) in [5.74, 6) is -0.0831. The van der Waals surface area contributed by atoms with Crippen molar-refractivity contribution in [1.82, 2.24) is 19.7 Å². The largest absolute Gasteiger partial charge is 0.282 e. The highest BCUT2D eigenvalue weighted by Crippen LogP contribution is 2.31. The van der Waals surface area contributed by atoms with Crippen molar-refractivity contribution in [3.8, 4) is 0 Å². The minimum Gasteiger partial charge on any atom is -0.282 e. The number of carbonyl (C=O) groups is 1. The van der Waals surface area contributed by atoms with Gasteiger partial charge in [-0.15, -0.1) is 0 Å².